The number of fused-ring (bicyclic) bond motifs is 3. The largest absolute Gasteiger partial charge is 0.496 e. The molecular formula is C29H39F3N2O7S. The third-order valence-corrected chi connectivity index (χ3v) is 9.38. The van der Waals surface area contributed by atoms with E-state index in [1.807, 2.05) is 19.1 Å². The molecule has 3 aliphatic heterocycles. The minimum Gasteiger partial charge on any atom is -0.496 e. The highest BCUT2D eigenvalue weighted by molar-refractivity contribution is 7.99. The highest BCUT2D eigenvalue weighted by atomic mass is 32.2. The first-order chi connectivity index (χ1) is 19.9. The molecule has 2 amide bonds. The van der Waals surface area contributed by atoms with Crippen molar-refractivity contribution >= 4 is 35.5 Å². The van der Waals surface area contributed by atoms with Crippen LogP contribution in [0, 0.1) is 11.8 Å². The van der Waals surface area contributed by atoms with Crippen molar-refractivity contribution < 1.29 is 46.9 Å². The Bertz CT molecular complexity index is 1160. The number of ether oxygens (including phenoxy) is 2. The zero-order valence-corrected chi connectivity index (χ0v) is 25.2. The van der Waals surface area contributed by atoms with Gasteiger partial charge < -0.3 is 14.6 Å². The van der Waals surface area contributed by atoms with E-state index >= 15 is 0 Å². The van der Waals surface area contributed by atoms with Crippen molar-refractivity contribution in [1.29, 1.82) is 0 Å². The van der Waals surface area contributed by atoms with Crippen molar-refractivity contribution in [2.24, 2.45) is 11.8 Å². The van der Waals surface area contributed by atoms with E-state index in [4.69, 9.17) is 19.4 Å². The van der Waals surface area contributed by atoms with Crippen LogP contribution in [0.3, 0.4) is 0 Å². The van der Waals surface area contributed by atoms with Crippen LogP contribution in [0.5, 0.6) is 5.75 Å². The second kappa shape index (κ2) is 14.1. The van der Waals surface area contributed by atoms with Crippen molar-refractivity contribution in [2.45, 2.75) is 81.4 Å². The molecule has 0 bridgehead atoms. The Kier molecular flexibility index (Phi) is 11.3. The average molecular weight is 617 g/mol. The van der Waals surface area contributed by atoms with Gasteiger partial charge in [-0.2, -0.15) is 13.2 Å². The number of thioether (sulfide) groups is 1. The van der Waals surface area contributed by atoms with E-state index in [0.29, 0.717) is 19.5 Å². The van der Waals surface area contributed by atoms with E-state index in [1.54, 1.807) is 18.9 Å². The van der Waals surface area contributed by atoms with Crippen LogP contribution >= 0.6 is 11.8 Å². The minimum atomic E-state index is -5.08. The second-order valence-corrected chi connectivity index (χ2v) is 11.7. The number of alkyl halides is 3. The lowest BCUT2D eigenvalue weighted by molar-refractivity contribution is -0.192. The van der Waals surface area contributed by atoms with Gasteiger partial charge in [0.2, 0.25) is 11.8 Å². The molecule has 3 saturated heterocycles. The Morgan fingerprint density at radius 1 is 1.10 bits per heavy atom. The molecule has 4 atom stereocenters. The maximum atomic E-state index is 13.5. The molecule has 234 valence electrons. The zero-order chi connectivity index (χ0) is 31.2. The number of esters is 1. The van der Waals surface area contributed by atoms with Gasteiger partial charge in [0.25, 0.3) is 0 Å². The number of amides is 2. The summed E-state index contributed by atoms with van der Waals surface area (Å²) in [7, 11) is 3.04. The average Bonchev–Trinajstić information content (AvgIpc) is 3.42. The van der Waals surface area contributed by atoms with Crippen LogP contribution in [0.25, 0.3) is 0 Å². The molecule has 0 radical (unpaired) electrons. The van der Waals surface area contributed by atoms with Crippen molar-refractivity contribution in [3.63, 3.8) is 0 Å². The smallest absolute Gasteiger partial charge is 0.490 e. The van der Waals surface area contributed by atoms with Gasteiger partial charge in [0, 0.05) is 17.5 Å². The van der Waals surface area contributed by atoms with Crippen LogP contribution in [0.15, 0.2) is 23.1 Å². The van der Waals surface area contributed by atoms with Gasteiger partial charge in [-0.25, -0.2) is 4.79 Å². The maximum Gasteiger partial charge on any atom is 0.490 e. The monoisotopic (exact) mass is 616 g/mol. The molecule has 3 unspecified atom stereocenters. The first-order valence-corrected chi connectivity index (χ1v) is 15.2. The summed E-state index contributed by atoms with van der Waals surface area (Å²) >= 11 is 1.79. The van der Waals surface area contributed by atoms with E-state index in [9.17, 15) is 27.6 Å². The van der Waals surface area contributed by atoms with Gasteiger partial charge >= 0.3 is 18.1 Å². The molecule has 4 rings (SSSR count). The number of carboxylic acid groups (broad SMARTS) is 1. The van der Waals surface area contributed by atoms with Crippen molar-refractivity contribution in [2.75, 3.05) is 33.1 Å². The zero-order valence-electron chi connectivity index (χ0n) is 24.4. The van der Waals surface area contributed by atoms with Crippen LogP contribution < -0.4 is 4.74 Å². The van der Waals surface area contributed by atoms with Gasteiger partial charge in [0.1, 0.15) is 11.3 Å². The van der Waals surface area contributed by atoms with Gasteiger partial charge in [0.05, 0.1) is 26.1 Å². The summed E-state index contributed by atoms with van der Waals surface area (Å²) in [4.78, 5) is 53.8. The summed E-state index contributed by atoms with van der Waals surface area (Å²) in [5.41, 5.74) is -0.183. The number of imide groups is 1. The van der Waals surface area contributed by atoms with Crippen molar-refractivity contribution in [3.05, 3.63) is 23.8 Å². The number of piperidine rings is 1. The second-order valence-electron chi connectivity index (χ2n) is 10.6. The summed E-state index contributed by atoms with van der Waals surface area (Å²) in [6.45, 7) is 4.98. The predicted molar refractivity (Wildman–Crippen MR) is 149 cm³/mol. The molecule has 0 saturated carbocycles. The summed E-state index contributed by atoms with van der Waals surface area (Å²) in [5.74, 6) is -3.10. The number of carbonyl (C=O) groups is 4. The fraction of sp³-hybridized carbons (Fsp3) is 0.655. The van der Waals surface area contributed by atoms with Crippen molar-refractivity contribution in [1.82, 2.24) is 9.80 Å². The fourth-order valence-corrected chi connectivity index (χ4v) is 7.44. The van der Waals surface area contributed by atoms with Crippen LogP contribution in [0.2, 0.25) is 0 Å². The first-order valence-electron chi connectivity index (χ1n) is 14.2. The summed E-state index contributed by atoms with van der Waals surface area (Å²) in [6.07, 6.45) is 2.03. The number of unbranched alkanes of at least 4 members (excludes halogenated alkanes) is 3. The molecule has 0 aromatic heterocycles. The highest BCUT2D eigenvalue weighted by Gasteiger charge is 2.72. The van der Waals surface area contributed by atoms with Gasteiger partial charge in [-0.15, -0.1) is 11.8 Å². The van der Waals surface area contributed by atoms with Crippen LogP contribution in [-0.2, 0) is 23.9 Å². The lowest BCUT2D eigenvalue weighted by Crippen LogP contribution is -2.59. The lowest BCUT2D eigenvalue weighted by atomic mass is 9.75. The number of likely N-dealkylation sites (tertiary alicyclic amines) is 1. The quantitative estimate of drug-likeness (QED) is 0.167. The SMILES string of the molecule is CCCCCCSc1ccc(C2C3C(=O)N(CC)C(=O)C3[C@]3(C(=O)OC)CCCCN23)cc1OC.O=C(O)C(F)(F)F. The number of aliphatic carboxylic acids is 1. The summed E-state index contributed by atoms with van der Waals surface area (Å²) in [6, 6.07) is 5.75. The predicted octanol–water partition coefficient (Wildman–Crippen LogP) is 5.07. The van der Waals surface area contributed by atoms with Crippen LogP contribution in [-0.4, -0.2) is 83.4 Å². The van der Waals surface area contributed by atoms with Gasteiger partial charge in [-0.3, -0.25) is 24.2 Å². The molecule has 3 fully saturated rings. The molecule has 1 N–H and O–H groups in total. The molecule has 1 aromatic rings. The standard InChI is InChI=1S/C27H38N2O5S.C2HF3O2/c1-5-7-8-11-16-35-20-13-12-18(17-19(20)33-3)23-21-22(25(31)28(6-2)24(21)30)27(26(32)34-4)14-9-10-15-29(23)27;3-2(4,5)1(6)7/h12-13,17,21-23H,5-11,14-16H2,1-4H3;(H,6,7)/t21?,22?,23?,27-;/m0./s1. The third kappa shape index (κ3) is 6.41. The highest BCUT2D eigenvalue weighted by Crippen LogP contribution is 2.58. The van der Waals surface area contributed by atoms with Gasteiger partial charge in [0.15, 0.2) is 0 Å². The molecule has 0 aliphatic carbocycles. The normalized spacial score (nSPS) is 25.4. The van der Waals surface area contributed by atoms with E-state index in [0.717, 1.165) is 41.2 Å². The number of hydrogen-bond acceptors (Lipinski definition) is 8. The Labute approximate surface area is 248 Å². The molecule has 1 aromatic carbocycles. The number of carbonyl (C=O) groups excluding carboxylic acids is 3. The maximum absolute atomic E-state index is 13.5. The Balaban J connectivity index is 0.000000616. The molecule has 0 spiro atoms. The summed E-state index contributed by atoms with van der Waals surface area (Å²) < 4.78 is 42.8. The number of nitrogens with zero attached hydrogens (tertiary/aromatic N) is 2. The van der Waals surface area contributed by atoms with E-state index < -0.39 is 35.5 Å². The van der Waals surface area contributed by atoms with Gasteiger partial charge in [-0.05, 0) is 62.6 Å². The van der Waals surface area contributed by atoms with Crippen LogP contribution in [0.1, 0.15) is 70.4 Å². The minimum absolute atomic E-state index is 0.182. The number of halogens is 3. The molecule has 13 heteroatoms. The Hall–Kier alpha value is -2.80. The molecule has 9 nitrogen and oxygen atoms in total. The first kappa shape index (κ1) is 33.7. The van der Waals surface area contributed by atoms with E-state index in [-0.39, 0.29) is 17.9 Å². The number of hydrogen-bond donors (Lipinski definition) is 1. The fourth-order valence-electron chi connectivity index (χ4n) is 6.43. The Morgan fingerprint density at radius 3 is 2.36 bits per heavy atom. The number of methoxy groups -OCH3 is 2. The lowest BCUT2D eigenvalue weighted by Gasteiger charge is -2.44. The van der Waals surface area contributed by atoms with Crippen molar-refractivity contribution in [3.8, 4) is 5.75 Å². The molecule has 3 heterocycles. The Morgan fingerprint density at radius 2 is 1.79 bits per heavy atom. The van der Waals surface area contributed by atoms with Crippen LogP contribution in [0.4, 0.5) is 13.2 Å². The molecule has 3 aliphatic rings. The molecule has 42 heavy (non-hydrogen) atoms. The van der Waals surface area contributed by atoms with E-state index in [1.165, 1.54) is 31.3 Å². The van der Waals surface area contributed by atoms with E-state index in [2.05, 4.69) is 17.9 Å². The number of carboxylic acids is 1. The number of rotatable bonds is 10. The third-order valence-electron chi connectivity index (χ3n) is 8.23. The topological polar surface area (TPSA) is 113 Å². The number of benzene rings is 1. The molecular weight excluding hydrogens is 577 g/mol. The summed E-state index contributed by atoms with van der Waals surface area (Å²) in [5, 5.41) is 7.12. The van der Waals surface area contributed by atoms with Gasteiger partial charge in [-0.1, -0.05) is 32.3 Å².